The summed E-state index contributed by atoms with van der Waals surface area (Å²) in [5, 5.41) is 31.9. The number of pyridine rings is 2. The van der Waals surface area contributed by atoms with Crippen molar-refractivity contribution in [2.24, 2.45) is 0 Å². The van der Waals surface area contributed by atoms with Gasteiger partial charge in [-0.3, -0.25) is 10.1 Å². The Morgan fingerprint density at radius 1 is 1.00 bits per heavy atom. The maximum absolute atomic E-state index is 10.7. The maximum atomic E-state index is 10.7. The molecule has 0 aliphatic rings. The number of aromatic amines is 1. The summed E-state index contributed by atoms with van der Waals surface area (Å²) in [6.45, 7) is 0. The van der Waals surface area contributed by atoms with Gasteiger partial charge in [-0.15, -0.1) is 0 Å². The Labute approximate surface area is 163 Å². The summed E-state index contributed by atoms with van der Waals surface area (Å²) in [7, 11) is 0. The molecule has 0 aliphatic heterocycles. The summed E-state index contributed by atoms with van der Waals surface area (Å²) in [4.78, 5) is 38.2. The first-order valence-corrected chi connectivity index (χ1v) is 8.26. The predicted molar refractivity (Wildman–Crippen MR) is 100 cm³/mol. The minimum Gasteiger partial charge on any atom is -0.545 e. The molecular weight excluding hydrogens is 378 g/mol. The van der Waals surface area contributed by atoms with Crippen molar-refractivity contribution in [3.63, 3.8) is 0 Å². The van der Waals surface area contributed by atoms with Crippen molar-refractivity contribution < 1.29 is 29.7 Å². The second kappa shape index (κ2) is 8.09. The molecule has 0 saturated carbocycles. The van der Waals surface area contributed by atoms with E-state index >= 15 is 0 Å². The van der Waals surface area contributed by atoms with Gasteiger partial charge in [-0.2, -0.15) is 0 Å². The van der Waals surface area contributed by atoms with Gasteiger partial charge in [-0.1, -0.05) is 24.3 Å². The molecule has 0 amide bonds. The van der Waals surface area contributed by atoms with Crippen molar-refractivity contribution in [1.29, 1.82) is 0 Å². The lowest BCUT2D eigenvalue weighted by molar-refractivity contribution is -0.385. The summed E-state index contributed by atoms with van der Waals surface area (Å²) in [5.74, 6) is -3.45. The second-order valence-corrected chi connectivity index (χ2v) is 5.82. The highest BCUT2D eigenvalue weighted by atomic mass is 16.6. The first kappa shape index (κ1) is 19.4. The zero-order valence-corrected chi connectivity index (χ0v) is 14.7. The Morgan fingerprint density at radius 3 is 2.41 bits per heavy atom. The number of nitrogens with zero attached hydrogens (tertiary/aromatic N) is 2. The van der Waals surface area contributed by atoms with Crippen molar-refractivity contribution in [2.45, 2.75) is 0 Å². The van der Waals surface area contributed by atoms with E-state index in [0.29, 0.717) is 0 Å². The van der Waals surface area contributed by atoms with Crippen molar-refractivity contribution in [3.05, 3.63) is 88.2 Å². The number of nitro groups is 1. The molecule has 0 spiro atoms. The molecule has 0 bridgehead atoms. The van der Waals surface area contributed by atoms with Crippen LogP contribution in [0.15, 0.2) is 67.0 Å². The number of aromatic nitrogens is 2. The van der Waals surface area contributed by atoms with Crippen molar-refractivity contribution in [1.82, 2.24) is 4.98 Å². The van der Waals surface area contributed by atoms with Crippen LogP contribution in [-0.2, 0) is 0 Å². The number of H-pyrrole nitrogens is 1. The van der Waals surface area contributed by atoms with E-state index in [2.05, 4.69) is 34.2 Å². The zero-order valence-electron chi connectivity index (χ0n) is 14.7. The number of carbonyl (C=O) groups is 2. The molecule has 0 saturated heterocycles. The van der Waals surface area contributed by atoms with E-state index in [9.17, 15) is 24.8 Å². The molecule has 29 heavy (non-hydrogen) atoms. The summed E-state index contributed by atoms with van der Waals surface area (Å²) in [6.07, 6.45) is 3.75. The third kappa shape index (κ3) is 3.98. The molecule has 144 valence electrons. The number of hydrogen-bond acceptors (Lipinski definition) is 6. The van der Waals surface area contributed by atoms with E-state index in [1.54, 1.807) is 0 Å². The van der Waals surface area contributed by atoms with E-state index in [1.165, 1.54) is 10.8 Å². The van der Waals surface area contributed by atoms with Crippen LogP contribution in [-0.4, -0.2) is 27.0 Å². The fourth-order valence-electron chi connectivity index (χ4n) is 2.82. The summed E-state index contributed by atoms with van der Waals surface area (Å²) >= 11 is 0. The molecule has 2 aromatic heterocycles. The Morgan fingerprint density at radius 2 is 1.72 bits per heavy atom. The maximum Gasteiger partial charge on any atom is 0.343 e. The molecule has 9 nitrogen and oxygen atoms in total. The van der Waals surface area contributed by atoms with Gasteiger partial charge in [0.2, 0.25) is 5.52 Å². The smallest absolute Gasteiger partial charge is 0.343 e. The van der Waals surface area contributed by atoms with Crippen LogP contribution >= 0.6 is 0 Å². The fraction of sp³-hybridized carbons (Fsp3) is 0. The SMILES string of the molecule is O=C([O-])c1cccc([N+](=O)[O-])c1C(=O)O.c1cnc2c(c1)ccc1ccc[nH+]c12. The van der Waals surface area contributed by atoms with Crippen molar-refractivity contribution in [2.75, 3.05) is 0 Å². The van der Waals surface area contributed by atoms with Crippen LogP contribution in [0.25, 0.3) is 21.8 Å². The van der Waals surface area contributed by atoms with Crippen LogP contribution < -0.4 is 10.1 Å². The standard InChI is InChI=1S/C12H8N2.C8H5NO6/c1-3-9-5-6-10-4-2-8-14-12(10)11(9)13-7-1;10-7(11)4-2-1-3-5(9(14)15)6(4)8(12)13/h1-8H;1-3H,(H,10,11)(H,12,13). The molecule has 9 heteroatoms. The summed E-state index contributed by atoms with van der Waals surface area (Å²) in [5.41, 5.74) is -0.223. The number of carboxylic acid groups (broad SMARTS) is 2. The minimum absolute atomic E-state index is 0.711. The third-order valence-electron chi connectivity index (χ3n) is 4.08. The molecular formula is C20H13N3O6. The molecule has 2 N–H and O–H groups in total. The van der Waals surface area contributed by atoms with Crippen LogP contribution in [0.1, 0.15) is 20.7 Å². The van der Waals surface area contributed by atoms with Gasteiger partial charge in [-0.25, -0.2) is 14.8 Å². The molecule has 0 fully saturated rings. The normalized spacial score (nSPS) is 10.2. The number of nitro benzene ring substituents is 1. The van der Waals surface area contributed by atoms with Crippen LogP contribution in [0.4, 0.5) is 5.69 Å². The second-order valence-electron chi connectivity index (χ2n) is 5.82. The Balaban J connectivity index is 0.000000166. The fourth-order valence-corrected chi connectivity index (χ4v) is 2.82. The largest absolute Gasteiger partial charge is 0.545 e. The van der Waals surface area contributed by atoms with Gasteiger partial charge in [0.05, 0.1) is 10.9 Å². The third-order valence-corrected chi connectivity index (χ3v) is 4.08. The van der Waals surface area contributed by atoms with Gasteiger partial charge in [0, 0.05) is 34.7 Å². The van der Waals surface area contributed by atoms with E-state index in [4.69, 9.17) is 5.11 Å². The van der Waals surface area contributed by atoms with Crippen LogP contribution in [0.2, 0.25) is 0 Å². The number of rotatable bonds is 3. The van der Waals surface area contributed by atoms with E-state index in [1.807, 2.05) is 24.5 Å². The van der Waals surface area contributed by atoms with Gasteiger partial charge < -0.3 is 15.0 Å². The average molecular weight is 391 g/mol. The number of carbonyl (C=O) groups excluding carboxylic acids is 1. The van der Waals surface area contributed by atoms with Gasteiger partial charge in [0.1, 0.15) is 11.1 Å². The van der Waals surface area contributed by atoms with Gasteiger partial charge >= 0.3 is 5.97 Å². The molecule has 2 aromatic carbocycles. The Kier molecular flexibility index (Phi) is 5.40. The monoisotopic (exact) mass is 391 g/mol. The Hall–Kier alpha value is -4.40. The number of benzene rings is 2. The predicted octanol–water partition coefficient (Wildman–Crippen LogP) is 1.86. The molecule has 0 aliphatic carbocycles. The highest BCUT2D eigenvalue weighted by molar-refractivity contribution is 6.04. The number of hydrogen-bond donors (Lipinski definition) is 1. The van der Waals surface area contributed by atoms with Gasteiger partial charge in [0.25, 0.3) is 5.69 Å². The molecule has 0 atom stereocenters. The highest BCUT2D eigenvalue weighted by Gasteiger charge is 2.23. The number of nitrogens with one attached hydrogen (secondary N) is 1. The lowest BCUT2D eigenvalue weighted by Crippen LogP contribution is -2.25. The number of fused-ring (bicyclic) bond motifs is 3. The molecule has 0 radical (unpaired) electrons. The summed E-state index contributed by atoms with van der Waals surface area (Å²) in [6, 6.07) is 15.2. The lowest BCUT2D eigenvalue weighted by Gasteiger charge is -2.06. The molecule has 4 aromatic rings. The van der Waals surface area contributed by atoms with Crippen molar-refractivity contribution >= 4 is 39.4 Å². The van der Waals surface area contributed by atoms with Gasteiger partial charge in [-0.05, 0) is 18.2 Å². The Bertz CT molecular complexity index is 1170. The van der Waals surface area contributed by atoms with E-state index < -0.39 is 33.7 Å². The quantitative estimate of drug-likeness (QED) is 0.318. The van der Waals surface area contributed by atoms with Gasteiger partial charge in [0.15, 0.2) is 6.20 Å². The molecule has 4 rings (SSSR count). The van der Waals surface area contributed by atoms with E-state index in [-0.39, 0.29) is 0 Å². The van der Waals surface area contributed by atoms with Crippen LogP contribution in [0, 0.1) is 10.1 Å². The topological polar surface area (TPSA) is 148 Å². The first-order valence-electron chi connectivity index (χ1n) is 8.26. The highest BCUT2D eigenvalue weighted by Crippen LogP contribution is 2.22. The molecule has 0 unspecified atom stereocenters. The molecule has 2 heterocycles. The number of carboxylic acids is 2. The van der Waals surface area contributed by atoms with Crippen LogP contribution in [0.5, 0.6) is 0 Å². The minimum atomic E-state index is -1.77. The van der Waals surface area contributed by atoms with Crippen molar-refractivity contribution in [3.8, 4) is 0 Å². The van der Waals surface area contributed by atoms with Crippen LogP contribution in [0.3, 0.4) is 0 Å². The lowest BCUT2D eigenvalue weighted by atomic mass is 10.1. The summed E-state index contributed by atoms with van der Waals surface area (Å²) < 4.78 is 0. The average Bonchev–Trinajstić information content (AvgIpc) is 2.73. The van der Waals surface area contributed by atoms with E-state index in [0.717, 1.165) is 29.2 Å². The first-order chi connectivity index (χ1) is 13.9. The number of aromatic carboxylic acids is 2. The zero-order chi connectivity index (χ0) is 21.0.